The van der Waals surface area contributed by atoms with Crippen LogP contribution in [-0.4, -0.2) is 26.7 Å². The SMILES string of the molecule is C#CCNC(=NC)NCc1ccc(OC)cc1.I. The van der Waals surface area contributed by atoms with E-state index in [2.05, 4.69) is 21.5 Å². The average Bonchev–Trinajstić information content (AvgIpc) is 2.39. The first-order valence-electron chi connectivity index (χ1n) is 5.31. The molecule has 0 heterocycles. The Morgan fingerprint density at radius 2 is 2.00 bits per heavy atom. The second kappa shape index (κ2) is 9.59. The molecule has 98 valence electrons. The van der Waals surface area contributed by atoms with Gasteiger partial charge in [0.1, 0.15) is 5.75 Å². The fourth-order valence-corrected chi connectivity index (χ4v) is 1.28. The van der Waals surface area contributed by atoms with Gasteiger partial charge in [0.2, 0.25) is 0 Å². The van der Waals surface area contributed by atoms with Crippen molar-refractivity contribution < 1.29 is 4.74 Å². The predicted octanol–water partition coefficient (Wildman–Crippen LogP) is 1.61. The summed E-state index contributed by atoms with van der Waals surface area (Å²) in [6.45, 7) is 1.15. The van der Waals surface area contributed by atoms with Crippen LogP contribution in [0.5, 0.6) is 5.75 Å². The van der Waals surface area contributed by atoms with E-state index in [9.17, 15) is 0 Å². The number of hydrogen-bond acceptors (Lipinski definition) is 2. The molecule has 4 nitrogen and oxygen atoms in total. The zero-order valence-corrected chi connectivity index (χ0v) is 12.9. The molecule has 1 aromatic carbocycles. The van der Waals surface area contributed by atoms with E-state index < -0.39 is 0 Å². The first kappa shape index (κ1) is 16.6. The molecule has 0 saturated carbocycles. The highest BCUT2D eigenvalue weighted by atomic mass is 127. The Labute approximate surface area is 125 Å². The number of guanidine groups is 1. The standard InChI is InChI=1S/C13H17N3O.HI/c1-4-9-15-13(14-2)16-10-11-5-7-12(17-3)8-6-11;/h1,5-8H,9-10H2,2-3H3,(H2,14,15,16);1H. The third kappa shape index (κ3) is 5.77. The van der Waals surface area contributed by atoms with Gasteiger partial charge in [-0.15, -0.1) is 30.4 Å². The van der Waals surface area contributed by atoms with Gasteiger partial charge in [0, 0.05) is 13.6 Å². The lowest BCUT2D eigenvalue weighted by Crippen LogP contribution is -2.36. The normalized spacial score (nSPS) is 9.94. The van der Waals surface area contributed by atoms with E-state index in [0.29, 0.717) is 19.0 Å². The maximum Gasteiger partial charge on any atom is 0.192 e. The van der Waals surface area contributed by atoms with Gasteiger partial charge in [0.15, 0.2) is 5.96 Å². The van der Waals surface area contributed by atoms with E-state index >= 15 is 0 Å². The van der Waals surface area contributed by atoms with E-state index in [1.54, 1.807) is 14.2 Å². The van der Waals surface area contributed by atoms with Crippen molar-refractivity contribution in [1.29, 1.82) is 0 Å². The molecule has 0 amide bonds. The molecule has 0 saturated heterocycles. The van der Waals surface area contributed by atoms with Crippen molar-refractivity contribution in [2.45, 2.75) is 6.54 Å². The van der Waals surface area contributed by atoms with Gasteiger partial charge < -0.3 is 15.4 Å². The number of benzene rings is 1. The maximum atomic E-state index is 5.16. The minimum Gasteiger partial charge on any atom is -0.497 e. The molecule has 18 heavy (non-hydrogen) atoms. The van der Waals surface area contributed by atoms with Crippen LogP contribution in [0.1, 0.15) is 5.56 Å². The Bertz CT molecular complexity index is 409. The van der Waals surface area contributed by atoms with E-state index in [1.807, 2.05) is 24.3 Å². The number of terminal acetylenes is 1. The van der Waals surface area contributed by atoms with Crippen LogP contribution >= 0.6 is 24.0 Å². The number of hydrogen-bond donors (Lipinski definition) is 2. The summed E-state index contributed by atoms with van der Waals surface area (Å²) in [5, 5.41) is 6.15. The van der Waals surface area contributed by atoms with Gasteiger partial charge in [-0.3, -0.25) is 4.99 Å². The number of aliphatic imine (C=N–C) groups is 1. The van der Waals surface area contributed by atoms with Crippen LogP contribution in [0.15, 0.2) is 29.3 Å². The van der Waals surface area contributed by atoms with Crippen molar-refractivity contribution in [2.24, 2.45) is 4.99 Å². The fourth-order valence-electron chi connectivity index (χ4n) is 1.28. The monoisotopic (exact) mass is 359 g/mol. The van der Waals surface area contributed by atoms with Gasteiger partial charge in [0.05, 0.1) is 13.7 Å². The third-order valence-corrected chi connectivity index (χ3v) is 2.20. The number of nitrogens with zero attached hydrogens (tertiary/aromatic N) is 1. The molecule has 0 aliphatic heterocycles. The lowest BCUT2D eigenvalue weighted by Gasteiger charge is -2.10. The molecule has 0 aromatic heterocycles. The first-order valence-corrected chi connectivity index (χ1v) is 5.31. The summed E-state index contributed by atoms with van der Waals surface area (Å²) in [4.78, 5) is 4.05. The number of rotatable bonds is 4. The molecule has 0 radical (unpaired) electrons. The van der Waals surface area contributed by atoms with E-state index in [-0.39, 0.29) is 24.0 Å². The lowest BCUT2D eigenvalue weighted by molar-refractivity contribution is 0.414. The molecule has 0 spiro atoms. The van der Waals surface area contributed by atoms with Crippen LogP contribution in [0.4, 0.5) is 0 Å². The van der Waals surface area contributed by atoms with Gasteiger partial charge >= 0.3 is 0 Å². The van der Waals surface area contributed by atoms with Gasteiger partial charge in [-0.25, -0.2) is 0 Å². The highest BCUT2D eigenvalue weighted by molar-refractivity contribution is 14.0. The molecule has 1 aromatic rings. The summed E-state index contributed by atoms with van der Waals surface area (Å²) >= 11 is 0. The third-order valence-electron chi connectivity index (χ3n) is 2.20. The Hall–Kier alpha value is -1.42. The molecule has 0 unspecified atom stereocenters. The Balaban J connectivity index is 0.00000289. The number of ether oxygens (including phenoxy) is 1. The summed E-state index contributed by atoms with van der Waals surface area (Å²) in [6.07, 6.45) is 5.16. The van der Waals surface area contributed by atoms with E-state index in [1.165, 1.54) is 0 Å². The van der Waals surface area contributed by atoms with E-state index in [4.69, 9.17) is 11.2 Å². The first-order chi connectivity index (χ1) is 8.30. The van der Waals surface area contributed by atoms with Gasteiger partial charge in [0.25, 0.3) is 0 Å². The second-order valence-electron chi connectivity index (χ2n) is 3.33. The summed E-state index contributed by atoms with van der Waals surface area (Å²) in [5.41, 5.74) is 1.15. The Morgan fingerprint density at radius 1 is 1.33 bits per heavy atom. The predicted molar refractivity (Wildman–Crippen MR) is 85.4 cm³/mol. The van der Waals surface area contributed by atoms with Crippen molar-refractivity contribution in [2.75, 3.05) is 20.7 Å². The van der Waals surface area contributed by atoms with Crippen molar-refractivity contribution in [3.05, 3.63) is 29.8 Å². The highest BCUT2D eigenvalue weighted by Crippen LogP contribution is 2.10. The molecule has 0 fully saturated rings. The molecule has 2 N–H and O–H groups in total. The van der Waals surface area contributed by atoms with Crippen LogP contribution in [-0.2, 0) is 6.54 Å². The molecular weight excluding hydrogens is 341 g/mol. The molecule has 0 atom stereocenters. The molecule has 1 rings (SSSR count). The Kier molecular flexibility index (Phi) is 8.84. The minimum absolute atomic E-state index is 0. The molecule has 0 aliphatic rings. The smallest absolute Gasteiger partial charge is 0.192 e. The van der Waals surface area contributed by atoms with E-state index in [0.717, 1.165) is 11.3 Å². The van der Waals surface area contributed by atoms with Crippen LogP contribution in [0.25, 0.3) is 0 Å². The highest BCUT2D eigenvalue weighted by Gasteiger charge is 1.97. The summed E-state index contributed by atoms with van der Waals surface area (Å²) in [6, 6.07) is 7.85. The average molecular weight is 359 g/mol. The Morgan fingerprint density at radius 3 is 2.50 bits per heavy atom. The maximum absolute atomic E-state index is 5.16. The topological polar surface area (TPSA) is 45.7 Å². The van der Waals surface area contributed by atoms with Crippen molar-refractivity contribution in [3.63, 3.8) is 0 Å². The van der Waals surface area contributed by atoms with Gasteiger partial charge in [-0.1, -0.05) is 18.1 Å². The van der Waals surface area contributed by atoms with Crippen LogP contribution in [0.2, 0.25) is 0 Å². The van der Waals surface area contributed by atoms with Crippen molar-refractivity contribution >= 4 is 29.9 Å². The van der Waals surface area contributed by atoms with Crippen molar-refractivity contribution in [3.8, 4) is 18.1 Å². The quantitative estimate of drug-likeness (QED) is 0.372. The fraction of sp³-hybridized carbons (Fsp3) is 0.308. The van der Waals surface area contributed by atoms with Crippen LogP contribution in [0, 0.1) is 12.3 Å². The largest absolute Gasteiger partial charge is 0.497 e. The number of nitrogens with one attached hydrogen (secondary N) is 2. The molecule has 5 heteroatoms. The number of methoxy groups -OCH3 is 1. The van der Waals surface area contributed by atoms with Gasteiger partial charge in [-0.05, 0) is 17.7 Å². The minimum atomic E-state index is 0. The van der Waals surface area contributed by atoms with Crippen molar-refractivity contribution in [1.82, 2.24) is 10.6 Å². The number of halogens is 1. The molecular formula is C13H18IN3O. The van der Waals surface area contributed by atoms with Gasteiger partial charge in [-0.2, -0.15) is 0 Å². The summed E-state index contributed by atoms with van der Waals surface area (Å²) < 4.78 is 5.09. The molecule has 0 bridgehead atoms. The van der Waals surface area contributed by atoms with Crippen LogP contribution < -0.4 is 15.4 Å². The lowest BCUT2D eigenvalue weighted by atomic mass is 10.2. The summed E-state index contributed by atoms with van der Waals surface area (Å²) in [7, 11) is 3.36. The zero-order chi connectivity index (χ0) is 12.5. The van der Waals surface area contributed by atoms with Crippen LogP contribution in [0.3, 0.4) is 0 Å². The summed E-state index contributed by atoms with van der Waals surface area (Å²) in [5.74, 6) is 4.04. The second-order valence-corrected chi connectivity index (χ2v) is 3.33. The zero-order valence-electron chi connectivity index (χ0n) is 10.6. The molecule has 0 aliphatic carbocycles.